The van der Waals surface area contributed by atoms with Crippen LogP contribution in [0.3, 0.4) is 0 Å². The number of carbonyl (C=O) groups is 1. The second-order valence-electron chi connectivity index (χ2n) is 4.64. The molecule has 16 heavy (non-hydrogen) atoms. The number of amides is 1. The topological polar surface area (TPSA) is 104 Å². The molecule has 1 aromatic heterocycles. The first-order valence-electron chi connectivity index (χ1n) is 5.10. The van der Waals surface area contributed by atoms with E-state index in [9.17, 15) is 4.79 Å². The molecule has 1 atom stereocenters. The molecule has 3 N–H and O–H groups in total. The minimum absolute atomic E-state index is 0.00666. The molecule has 1 aromatic rings. The van der Waals surface area contributed by atoms with E-state index in [4.69, 9.17) is 5.11 Å². The molecule has 0 aromatic carbocycles. The number of rotatable bonds is 4. The number of hydrogen-bond acceptors (Lipinski definition) is 5. The van der Waals surface area contributed by atoms with Crippen molar-refractivity contribution in [3.8, 4) is 0 Å². The van der Waals surface area contributed by atoms with E-state index in [-0.39, 0.29) is 29.8 Å². The Hall–Kier alpha value is -1.50. The van der Waals surface area contributed by atoms with Gasteiger partial charge in [-0.2, -0.15) is 5.21 Å². The highest BCUT2D eigenvalue weighted by Gasteiger charge is 2.27. The third-order valence-electron chi connectivity index (χ3n) is 2.32. The van der Waals surface area contributed by atoms with Crippen LogP contribution in [0.5, 0.6) is 0 Å². The van der Waals surface area contributed by atoms with E-state index in [1.807, 2.05) is 20.8 Å². The minimum atomic E-state index is -0.387. The van der Waals surface area contributed by atoms with Gasteiger partial charge in [-0.05, 0) is 17.0 Å². The van der Waals surface area contributed by atoms with Crippen LogP contribution in [0.4, 0.5) is 0 Å². The highest BCUT2D eigenvalue weighted by atomic mass is 16.3. The number of tetrazole rings is 1. The number of H-pyrrole nitrogens is 1. The monoisotopic (exact) mass is 227 g/mol. The van der Waals surface area contributed by atoms with E-state index in [2.05, 4.69) is 25.9 Å². The van der Waals surface area contributed by atoms with Crippen molar-refractivity contribution >= 4 is 5.91 Å². The van der Waals surface area contributed by atoms with Crippen LogP contribution < -0.4 is 5.32 Å². The predicted octanol–water partition coefficient (Wildman–Crippen LogP) is -0.273. The maximum Gasteiger partial charge on any atom is 0.293 e. The van der Waals surface area contributed by atoms with Crippen LogP contribution in [-0.4, -0.2) is 44.3 Å². The van der Waals surface area contributed by atoms with Gasteiger partial charge >= 0.3 is 0 Å². The lowest BCUT2D eigenvalue weighted by molar-refractivity contribution is 0.0874. The molecule has 0 saturated carbocycles. The smallest absolute Gasteiger partial charge is 0.293 e. The molecule has 7 heteroatoms. The molecule has 0 radical (unpaired) electrons. The van der Waals surface area contributed by atoms with Crippen molar-refractivity contribution in [3.05, 3.63) is 5.82 Å². The van der Waals surface area contributed by atoms with Gasteiger partial charge in [0.05, 0.1) is 0 Å². The zero-order valence-electron chi connectivity index (χ0n) is 9.69. The molecule has 0 fully saturated rings. The van der Waals surface area contributed by atoms with Gasteiger partial charge in [-0.1, -0.05) is 20.8 Å². The fraction of sp³-hybridized carbons (Fsp3) is 0.778. The Bertz CT molecular complexity index is 330. The Labute approximate surface area is 93.6 Å². The summed E-state index contributed by atoms with van der Waals surface area (Å²) in [6.07, 6.45) is 0.493. The van der Waals surface area contributed by atoms with Crippen molar-refractivity contribution in [1.29, 1.82) is 0 Å². The van der Waals surface area contributed by atoms with Gasteiger partial charge in [0.1, 0.15) is 0 Å². The molecule has 0 aliphatic heterocycles. The number of hydrogen-bond donors (Lipinski definition) is 3. The number of nitrogens with one attached hydrogen (secondary N) is 2. The third-order valence-corrected chi connectivity index (χ3v) is 2.32. The largest absolute Gasteiger partial charge is 0.396 e. The third kappa shape index (κ3) is 3.27. The quantitative estimate of drug-likeness (QED) is 0.656. The highest BCUT2D eigenvalue weighted by molar-refractivity contribution is 5.90. The Balaban J connectivity index is 2.66. The van der Waals surface area contributed by atoms with Crippen LogP contribution in [0.15, 0.2) is 0 Å². The lowest BCUT2D eigenvalue weighted by atomic mass is 9.85. The number of aliphatic hydroxyl groups is 1. The van der Waals surface area contributed by atoms with Crippen LogP contribution in [0.1, 0.15) is 37.8 Å². The Kier molecular flexibility index (Phi) is 3.94. The molecular weight excluding hydrogens is 210 g/mol. The summed E-state index contributed by atoms with van der Waals surface area (Å²) in [4.78, 5) is 11.7. The number of aromatic nitrogens is 4. The Morgan fingerprint density at radius 2 is 2.25 bits per heavy atom. The van der Waals surface area contributed by atoms with Crippen molar-refractivity contribution in [2.75, 3.05) is 6.61 Å². The van der Waals surface area contributed by atoms with Gasteiger partial charge in [-0.3, -0.25) is 4.79 Å². The number of aromatic amines is 1. The number of carbonyl (C=O) groups excluding carboxylic acids is 1. The van der Waals surface area contributed by atoms with Crippen molar-refractivity contribution in [3.63, 3.8) is 0 Å². The van der Waals surface area contributed by atoms with Crippen molar-refractivity contribution in [2.45, 2.75) is 33.2 Å². The van der Waals surface area contributed by atoms with E-state index in [1.54, 1.807) is 0 Å². The van der Waals surface area contributed by atoms with Gasteiger partial charge in [0, 0.05) is 12.6 Å². The van der Waals surface area contributed by atoms with Crippen LogP contribution in [0.25, 0.3) is 0 Å². The second-order valence-corrected chi connectivity index (χ2v) is 4.64. The van der Waals surface area contributed by atoms with E-state index in [0.717, 1.165) is 0 Å². The normalized spacial score (nSPS) is 13.5. The van der Waals surface area contributed by atoms with E-state index in [1.165, 1.54) is 0 Å². The first-order chi connectivity index (χ1) is 7.45. The zero-order chi connectivity index (χ0) is 12.2. The van der Waals surface area contributed by atoms with Crippen LogP contribution in [0, 0.1) is 5.41 Å². The lowest BCUT2D eigenvalue weighted by Crippen LogP contribution is -2.44. The SMILES string of the molecule is CC(C)(C)C(CCO)NC(=O)c1nn[nH]n1. The second kappa shape index (κ2) is 5.02. The van der Waals surface area contributed by atoms with Gasteiger partial charge in [0.25, 0.3) is 11.7 Å². The van der Waals surface area contributed by atoms with Crippen molar-refractivity contribution < 1.29 is 9.90 Å². The van der Waals surface area contributed by atoms with E-state index < -0.39 is 0 Å². The Morgan fingerprint density at radius 3 is 2.69 bits per heavy atom. The summed E-state index contributed by atoms with van der Waals surface area (Å²) >= 11 is 0. The average molecular weight is 227 g/mol. The van der Waals surface area contributed by atoms with Crippen LogP contribution >= 0.6 is 0 Å². The number of nitrogens with zero attached hydrogens (tertiary/aromatic N) is 3. The predicted molar refractivity (Wildman–Crippen MR) is 56.6 cm³/mol. The van der Waals surface area contributed by atoms with E-state index in [0.29, 0.717) is 6.42 Å². The fourth-order valence-electron chi connectivity index (χ4n) is 1.33. The molecule has 7 nitrogen and oxygen atoms in total. The van der Waals surface area contributed by atoms with Gasteiger partial charge in [0.15, 0.2) is 0 Å². The summed E-state index contributed by atoms with van der Waals surface area (Å²) in [5.41, 5.74) is -0.137. The molecule has 90 valence electrons. The summed E-state index contributed by atoms with van der Waals surface area (Å²) in [6, 6.07) is -0.136. The number of aliphatic hydroxyl groups excluding tert-OH is 1. The first-order valence-corrected chi connectivity index (χ1v) is 5.10. The summed E-state index contributed by atoms with van der Waals surface area (Å²) in [6.45, 7) is 5.99. The standard InChI is InChI=1S/C9H17N5O2/c1-9(2,3)6(4-5-15)10-8(16)7-11-13-14-12-7/h6,15H,4-5H2,1-3H3,(H,10,16)(H,11,12,13,14). The molecule has 1 amide bonds. The lowest BCUT2D eigenvalue weighted by Gasteiger charge is -2.30. The molecular formula is C9H17N5O2. The van der Waals surface area contributed by atoms with Crippen LogP contribution in [-0.2, 0) is 0 Å². The van der Waals surface area contributed by atoms with Crippen LogP contribution in [0.2, 0.25) is 0 Å². The van der Waals surface area contributed by atoms with Crippen molar-refractivity contribution in [1.82, 2.24) is 25.9 Å². The molecule has 0 aliphatic carbocycles. The van der Waals surface area contributed by atoms with E-state index >= 15 is 0 Å². The molecule has 1 rings (SSSR count). The molecule has 0 aliphatic rings. The zero-order valence-corrected chi connectivity index (χ0v) is 9.69. The fourth-order valence-corrected chi connectivity index (χ4v) is 1.33. The molecule has 1 heterocycles. The molecule has 0 saturated heterocycles. The molecule has 1 unspecified atom stereocenters. The first kappa shape index (κ1) is 12.6. The summed E-state index contributed by atoms with van der Waals surface area (Å²) < 4.78 is 0. The maximum atomic E-state index is 11.7. The van der Waals surface area contributed by atoms with Gasteiger partial charge < -0.3 is 10.4 Å². The summed E-state index contributed by atoms with van der Waals surface area (Å²) in [5.74, 6) is -0.380. The van der Waals surface area contributed by atoms with Gasteiger partial charge in [-0.25, -0.2) is 0 Å². The van der Waals surface area contributed by atoms with Crippen molar-refractivity contribution in [2.24, 2.45) is 5.41 Å². The molecule has 0 bridgehead atoms. The minimum Gasteiger partial charge on any atom is -0.396 e. The summed E-state index contributed by atoms with van der Waals surface area (Å²) in [7, 11) is 0. The molecule has 0 spiro atoms. The highest BCUT2D eigenvalue weighted by Crippen LogP contribution is 2.21. The maximum absolute atomic E-state index is 11.7. The van der Waals surface area contributed by atoms with Gasteiger partial charge in [0.2, 0.25) is 0 Å². The van der Waals surface area contributed by atoms with Gasteiger partial charge in [-0.15, -0.1) is 10.2 Å². The Morgan fingerprint density at radius 1 is 1.56 bits per heavy atom. The average Bonchev–Trinajstić information content (AvgIpc) is 2.68. The summed E-state index contributed by atoms with van der Waals surface area (Å²) in [5, 5.41) is 24.4.